The topological polar surface area (TPSA) is 37.3 Å². The van der Waals surface area contributed by atoms with Crippen molar-refractivity contribution in [1.82, 2.24) is 14.8 Å². The van der Waals surface area contributed by atoms with Gasteiger partial charge in [-0.3, -0.25) is 9.69 Å². The van der Waals surface area contributed by atoms with E-state index in [9.17, 15) is 4.79 Å². The molecule has 0 saturated carbocycles. The zero-order valence-electron chi connectivity index (χ0n) is 19.1. The van der Waals surface area contributed by atoms with Crippen LogP contribution in [0, 0.1) is 20.8 Å². The number of aromatic nitrogens is 1. The minimum absolute atomic E-state index is 0.0160. The fraction of sp³-hybridized carbons (Fsp3) is 0.370. The summed E-state index contributed by atoms with van der Waals surface area (Å²) in [5.41, 5.74) is 7.81. The first-order valence-electron chi connectivity index (χ1n) is 11.4. The standard InChI is InChI=1S/C27H33N3O/c1-5-29-13-7-10-25(29)17-28-27(31)23-11-12-26(20(3)15-23)30-18-24(16-21(30)4)22-9-6-8-19(2)14-22/h6,8-9,11-12,14-16,18,25H,5,7,10,13,17H2,1-4H3,(H,28,31). The molecule has 31 heavy (non-hydrogen) atoms. The summed E-state index contributed by atoms with van der Waals surface area (Å²) < 4.78 is 2.21. The quantitative estimate of drug-likeness (QED) is 0.594. The van der Waals surface area contributed by atoms with E-state index < -0.39 is 0 Å². The molecular weight excluding hydrogens is 382 g/mol. The first-order chi connectivity index (χ1) is 15.0. The number of rotatable bonds is 6. The van der Waals surface area contributed by atoms with Crippen molar-refractivity contribution >= 4 is 5.91 Å². The number of benzene rings is 2. The van der Waals surface area contributed by atoms with Crippen molar-refractivity contribution in [3.8, 4) is 16.8 Å². The van der Waals surface area contributed by atoms with Crippen LogP contribution >= 0.6 is 0 Å². The van der Waals surface area contributed by atoms with Crippen molar-refractivity contribution in [2.45, 2.75) is 46.6 Å². The number of aryl methyl sites for hydroxylation is 3. The summed E-state index contributed by atoms with van der Waals surface area (Å²) in [4.78, 5) is 15.2. The summed E-state index contributed by atoms with van der Waals surface area (Å²) in [6.07, 6.45) is 4.58. The Hall–Kier alpha value is -2.85. The first kappa shape index (κ1) is 21.4. The molecule has 0 spiro atoms. The van der Waals surface area contributed by atoms with Crippen molar-refractivity contribution < 1.29 is 4.79 Å². The van der Waals surface area contributed by atoms with E-state index in [0.717, 1.165) is 36.4 Å². The molecule has 3 aromatic rings. The molecule has 1 N–H and O–H groups in total. The lowest BCUT2D eigenvalue weighted by atomic mass is 10.1. The number of hydrogen-bond donors (Lipinski definition) is 1. The second-order valence-electron chi connectivity index (χ2n) is 8.75. The number of nitrogens with zero attached hydrogens (tertiary/aromatic N) is 2. The van der Waals surface area contributed by atoms with Gasteiger partial charge < -0.3 is 9.88 Å². The Labute approximate surface area is 185 Å². The van der Waals surface area contributed by atoms with E-state index in [1.54, 1.807) is 0 Å². The molecule has 0 bridgehead atoms. The van der Waals surface area contributed by atoms with Gasteiger partial charge in [0.25, 0.3) is 5.91 Å². The van der Waals surface area contributed by atoms with Gasteiger partial charge in [0, 0.05) is 41.3 Å². The molecule has 1 atom stereocenters. The smallest absolute Gasteiger partial charge is 0.251 e. The number of carbonyl (C=O) groups excluding carboxylic acids is 1. The van der Waals surface area contributed by atoms with Crippen molar-refractivity contribution in [2.24, 2.45) is 0 Å². The van der Waals surface area contributed by atoms with Gasteiger partial charge in [-0.25, -0.2) is 0 Å². The number of hydrogen-bond acceptors (Lipinski definition) is 2. The van der Waals surface area contributed by atoms with Gasteiger partial charge in [0.1, 0.15) is 0 Å². The average molecular weight is 416 g/mol. The Morgan fingerprint density at radius 3 is 2.65 bits per heavy atom. The molecule has 1 fully saturated rings. The second-order valence-corrected chi connectivity index (χ2v) is 8.75. The number of likely N-dealkylation sites (tertiary alicyclic amines) is 1. The Morgan fingerprint density at radius 1 is 1.06 bits per heavy atom. The van der Waals surface area contributed by atoms with Crippen LogP contribution in [0.3, 0.4) is 0 Å². The third-order valence-corrected chi connectivity index (χ3v) is 6.49. The summed E-state index contributed by atoms with van der Waals surface area (Å²) >= 11 is 0. The van der Waals surface area contributed by atoms with Gasteiger partial charge in [0.05, 0.1) is 0 Å². The van der Waals surface area contributed by atoms with Crippen LogP contribution in [-0.4, -0.2) is 41.1 Å². The zero-order valence-corrected chi connectivity index (χ0v) is 19.1. The number of carbonyl (C=O) groups is 1. The Morgan fingerprint density at radius 2 is 1.90 bits per heavy atom. The molecule has 4 nitrogen and oxygen atoms in total. The molecule has 1 aromatic heterocycles. The molecule has 4 heteroatoms. The summed E-state index contributed by atoms with van der Waals surface area (Å²) in [5, 5.41) is 3.15. The number of amides is 1. The van der Waals surface area contributed by atoms with E-state index >= 15 is 0 Å². The van der Waals surface area contributed by atoms with Crippen molar-refractivity contribution in [3.63, 3.8) is 0 Å². The van der Waals surface area contributed by atoms with Gasteiger partial charge in [0.15, 0.2) is 0 Å². The highest BCUT2D eigenvalue weighted by atomic mass is 16.1. The van der Waals surface area contributed by atoms with Crippen molar-refractivity contribution in [1.29, 1.82) is 0 Å². The second kappa shape index (κ2) is 9.11. The predicted octanol–water partition coefficient (Wildman–Crippen LogP) is 5.28. The highest BCUT2D eigenvalue weighted by Crippen LogP contribution is 2.27. The van der Waals surface area contributed by atoms with Gasteiger partial charge in [0.2, 0.25) is 0 Å². The first-order valence-corrected chi connectivity index (χ1v) is 11.4. The molecular formula is C27H33N3O. The maximum Gasteiger partial charge on any atom is 0.251 e. The lowest BCUT2D eigenvalue weighted by Gasteiger charge is -2.23. The van der Waals surface area contributed by atoms with Gasteiger partial charge in [-0.05, 0) is 82.1 Å². The largest absolute Gasteiger partial charge is 0.350 e. The van der Waals surface area contributed by atoms with E-state index in [1.807, 2.05) is 12.1 Å². The SMILES string of the molecule is CCN1CCCC1CNC(=O)c1ccc(-n2cc(-c3cccc(C)c3)cc2C)c(C)c1. The van der Waals surface area contributed by atoms with Crippen LogP contribution in [0.15, 0.2) is 54.7 Å². The molecule has 2 aromatic carbocycles. The summed E-state index contributed by atoms with van der Waals surface area (Å²) in [5.74, 6) is 0.0160. The number of nitrogens with one attached hydrogen (secondary N) is 1. The fourth-order valence-corrected chi connectivity index (χ4v) is 4.74. The molecule has 1 aliphatic rings. The maximum absolute atomic E-state index is 12.7. The van der Waals surface area contributed by atoms with Crippen LogP contribution in [-0.2, 0) is 0 Å². The van der Waals surface area contributed by atoms with Crippen LogP contribution in [0.25, 0.3) is 16.8 Å². The van der Waals surface area contributed by atoms with E-state index in [2.05, 4.69) is 85.1 Å². The van der Waals surface area contributed by atoms with Crippen LogP contribution in [0.1, 0.15) is 46.9 Å². The average Bonchev–Trinajstić information content (AvgIpc) is 3.38. The van der Waals surface area contributed by atoms with E-state index in [1.165, 1.54) is 35.2 Å². The molecule has 0 aliphatic carbocycles. The maximum atomic E-state index is 12.7. The van der Waals surface area contributed by atoms with Gasteiger partial charge >= 0.3 is 0 Å². The normalized spacial score (nSPS) is 16.6. The molecule has 1 amide bonds. The molecule has 0 radical (unpaired) electrons. The highest BCUT2D eigenvalue weighted by Gasteiger charge is 2.23. The highest BCUT2D eigenvalue weighted by molar-refractivity contribution is 5.94. The monoisotopic (exact) mass is 415 g/mol. The molecule has 1 aliphatic heterocycles. The van der Waals surface area contributed by atoms with E-state index in [4.69, 9.17) is 0 Å². The third kappa shape index (κ3) is 4.59. The zero-order chi connectivity index (χ0) is 22.0. The van der Waals surface area contributed by atoms with Crippen LogP contribution in [0.2, 0.25) is 0 Å². The van der Waals surface area contributed by atoms with Crippen LogP contribution < -0.4 is 5.32 Å². The molecule has 2 heterocycles. The van der Waals surface area contributed by atoms with Crippen molar-refractivity contribution in [3.05, 3.63) is 77.1 Å². The molecule has 1 unspecified atom stereocenters. The van der Waals surface area contributed by atoms with Gasteiger partial charge in [-0.2, -0.15) is 0 Å². The van der Waals surface area contributed by atoms with E-state index in [-0.39, 0.29) is 5.91 Å². The predicted molar refractivity (Wildman–Crippen MR) is 128 cm³/mol. The Kier molecular flexibility index (Phi) is 6.28. The fourth-order valence-electron chi connectivity index (χ4n) is 4.74. The molecule has 162 valence electrons. The molecule has 1 saturated heterocycles. The van der Waals surface area contributed by atoms with Crippen LogP contribution in [0.4, 0.5) is 0 Å². The van der Waals surface area contributed by atoms with Gasteiger partial charge in [-0.15, -0.1) is 0 Å². The van der Waals surface area contributed by atoms with Crippen LogP contribution in [0.5, 0.6) is 0 Å². The minimum atomic E-state index is 0.0160. The van der Waals surface area contributed by atoms with Gasteiger partial charge in [-0.1, -0.05) is 36.8 Å². The summed E-state index contributed by atoms with van der Waals surface area (Å²) in [6.45, 7) is 11.4. The van der Waals surface area contributed by atoms with E-state index in [0.29, 0.717) is 6.04 Å². The lowest BCUT2D eigenvalue weighted by Crippen LogP contribution is -2.40. The molecule has 4 rings (SSSR count). The minimum Gasteiger partial charge on any atom is -0.350 e. The lowest BCUT2D eigenvalue weighted by molar-refractivity contribution is 0.0941. The third-order valence-electron chi connectivity index (χ3n) is 6.49. The Balaban J connectivity index is 1.51. The summed E-state index contributed by atoms with van der Waals surface area (Å²) in [6, 6.07) is 17.3. The Bertz CT molecular complexity index is 1080. The number of likely N-dealkylation sites (N-methyl/N-ethyl adjacent to an activating group) is 1. The summed E-state index contributed by atoms with van der Waals surface area (Å²) in [7, 11) is 0. The van der Waals surface area contributed by atoms with Crippen molar-refractivity contribution in [2.75, 3.05) is 19.6 Å².